The number of aromatic hydroxyl groups is 1. The zero-order valence-electron chi connectivity index (χ0n) is 10.4. The summed E-state index contributed by atoms with van der Waals surface area (Å²) in [5.41, 5.74) is 5.52. The van der Waals surface area contributed by atoms with Crippen LogP contribution in [0.5, 0.6) is 5.88 Å². The Balaban J connectivity index is 2.36. The first-order valence-electron chi connectivity index (χ1n) is 5.78. The van der Waals surface area contributed by atoms with Crippen molar-refractivity contribution in [3.63, 3.8) is 0 Å². The van der Waals surface area contributed by atoms with Crippen LogP contribution in [-0.4, -0.2) is 26.5 Å². The van der Waals surface area contributed by atoms with Crippen LogP contribution in [0.2, 0.25) is 5.15 Å². The Kier molecular flexibility index (Phi) is 3.15. The molecule has 0 aliphatic carbocycles. The number of primary amides is 1. The first-order chi connectivity index (χ1) is 10.0. The number of amides is 1. The predicted molar refractivity (Wildman–Crippen MR) is 79.1 cm³/mol. The van der Waals surface area contributed by atoms with E-state index in [4.69, 9.17) is 17.3 Å². The van der Waals surface area contributed by atoms with Gasteiger partial charge in [-0.05, 0) is 23.6 Å². The number of hydrogen-bond acceptors (Lipinski definition) is 5. The van der Waals surface area contributed by atoms with Gasteiger partial charge in [0.25, 0.3) is 0 Å². The second-order valence-electron chi connectivity index (χ2n) is 4.18. The van der Waals surface area contributed by atoms with E-state index in [1.807, 2.05) is 0 Å². The Morgan fingerprint density at radius 3 is 2.71 bits per heavy atom. The van der Waals surface area contributed by atoms with Crippen molar-refractivity contribution in [3.8, 4) is 5.88 Å². The Labute approximate surface area is 127 Å². The van der Waals surface area contributed by atoms with Crippen molar-refractivity contribution in [3.05, 3.63) is 45.2 Å². The van der Waals surface area contributed by atoms with Gasteiger partial charge in [-0.15, -0.1) is 11.3 Å². The summed E-state index contributed by atoms with van der Waals surface area (Å²) in [6.45, 7) is 0. The fourth-order valence-corrected chi connectivity index (χ4v) is 2.90. The number of pyridine rings is 1. The Morgan fingerprint density at radius 2 is 2.10 bits per heavy atom. The predicted octanol–water partition coefficient (Wildman–Crippen LogP) is 2.61. The number of hydrogen-bond donors (Lipinski definition) is 2. The fraction of sp³-hybridized carbons (Fsp3) is 0. The average Bonchev–Trinajstić information content (AvgIpc) is 3.03. The lowest BCUT2D eigenvalue weighted by Crippen LogP contribution is -2.18. The van der Waals surface area contributed by atoms with Gasteiger partial charge in [0, 0.05) is 0 Å². The van der Waals surface area contributed by atoms with E-state index in [0.29, 0.717) is 4.88 Å². The summed E-state index contributed by atoms with van der Waals surface area (Å²) in [5.74, 6) is -0.979. The SMILES string of the molecule is NC(=O)n1c(O)c(C(=O)c2cccs2)c2nc(Cl)ccc21. The molecule has 0 unspecified atom stereocenters. The van der Waals surface area contributed by atoms with Crippen LogP contribution in [0.3, 0.4) is 0 Å². The van der Waals surface area contributed by atoms with Crippen LogP contribution in [0.4, 0.5) is 4.79 Å². The highest BCUT2D eigenvalue weighted by Crippen LogP contribution is 2.33. The van der Waals surface area contributed by atoms with Gasteiger partial charge in [0.05, 0.1) is 10.4 Å². The highest BCUT2D eigenvalue weighted by Gasteiger charge is 2.27. The molecule has 0 fully saturated rings. The van der Waals surface area contributed by atoms with Crippen molar-refractivity contribution >= 4 is 45.8 Å². The molecule has 6 nitrogen and oxygen atoms in total. The summed E-state index contributed by atoms with van der Waals surface area (Å²) >= 11 is 7.05. The molecule has 3 heterocycles. The molecule has 0 bridgehead atoms. The number of aromatic nitrogens is 2. The first kappa shape index (κ1) is 13.6. The summed E-state index contributed by atoms with van der Waals surface area (Å²) in [4.78, 5) is 28.4. The molecule has 3 aromatic heterocycles. The lowest BCUT2D eigenvalue weighted by atomic mass is 10.1. The standard InChI is InChI=1S/C13H8ClN3O3S/c14-8-4-3-6-10(16-8)9(12(19)17(6)13(15)20)11(18)7-2-1-5-21-7/h1-5,19H,(H2,15,20). The minimum absolute atomic E-state index is 0.0891. The van der Waals surface area contributed by atoms with E-state index >= 15 is 0 Å². The average molecular weight is 322 g/mol. The topological polar surface area (TPSA) is 98.2 Å². The van der Waals surface area contributed by atoms with E-state index in [9.17, 15) is 14.7 Å². The van der Waals surface area contributed by atoms with Crippen LogP contribution in [0.15, 0.2) is 29.6 Å². The van der Waals surface area contributed by atoms with Gasteiger partial charge in [0.1, 0.15) is 16.2 Å². The van der Waals surface area contributed by atoms with Crippen LogP contribution >= 0.6 is 22.9 Å². The van der Waals surface area contributed by atoms with Crippen molar-refractivity contribution in [1.82, 2.24) is 9.55 Å². The third kappa shape index (κ3) is 2.07. The van der Waals surface area contributed by atoms with E-state index < -0.39 is 17.7 Å². The minimum atomic E-state index is -0.910. The number of ketones is 1. The van der Waals surface area contributed by atoms with E-state index in [-0.39, 0.29) is 21.7 Å². The van der Waals surface area contributed by atoms with Gasteiger partial charge in [0.15, 0.2) is 0 Å². The number of nitrogens with zero attached hydrogens (tertiary/aromatic N) is 2. The molecule has 0 saturated carbocycles. The lowest BCUT2D eigenvalue weighted by Gasteiger charge is -2.00. The zero-order chi connectivity index (χ0) is 15.1. The minimum Gasteiger partial charge on any atom is -0.494 e. The van der Waals surface area contributed by atoms with E-state index in [1.165, 1.54) is 23.5 Å². The number of halogens is 1. The fourth-order valence-electron chi connectivity index (χ4n) is 2.09. The smallest absolute Gasteiger partial charge is 0.326 e. The maximum atomic E-state index is 12.5. The number of rotatable bonds is 2. The van der Waals surface area contributed by atoms with Crippen LogP contribution in [0.1, 0.15) is 15.2 Å². The first-order valence-corrected chi connectivity index (χ1v) is 7.04. The van der Waals surface area contributed by atoms with Crippen LogP contribution in [-0.2, 0) is 0 Å². The van der Waals surface area contributed by atoms with Crippen molar-refractivity contribution in [2.45, 2.75) is 0 Å². The van der Waals surface area contributed by atoms with Gasteiger partial charge in [-0.1, -0.05) is 17.7 Å². The van der Waals surface area contributed by atoms with Gasteiger partial charge in [-0.25, -0.2) is 14.3 Å². The second kappa shape index (κ2) is 4.87. The van der Waals surface area contributed by atoms with Crippen LogP contribution in [0.25, 0.3) is 11.0 Å². The highest BCUT2D eigenvalue weighted by atomic mass is 35.5. The monoisotopic (exact) mass is 321 g/mol. The summed E-state index contributed by atoms with van der Waals surface area (Å²) < 4.78 is 0.833. The van der Waals surface area contributed by atoms with E-state index in [2.05, 4.69) is 4.98 Å². The van der Waals surface area contributed by atoms with Crippen molar-refractivity contribution in [2.75, 3.05) is 0 Å². The molecule has 0 radical (unpaired) electrons. The number of carbonyl (C=O) groups excluding carboxylic acids is 2. The number of nitrogens with two attached hydrogens (primary N) is 1. The van der Waals surface area contributed by atoms with Crippen LogP contribution < -0.4 is 5.73 Å². The van der Waals surface area contributed by atoms with Crippen molar-refractivity contribution in [2.24, 2.45) is 5.73 Å². The molecule has 106 valence electrons. The molecular formula is C13H8ClN3O3S. The summed E-state index contributed by atoms with van der Waals surface area (Å²) in [7, 11) is 0. The van der Waals surface area contributed by atoms with Gasteiger partial charge in [-0.3, -0.25) is 4.79 Å². The maximum Gasteiger partial charge on any atom is 0.326 e. The molecule has 0 aliphatic heterocycles. The van der Waals surface area contributed by atoms with Gasteiger partial charge >= 0.3 is 6.03 Å². The van der Waals surface area contributed by atoms with E-state index in [0.717, 1.165) is 4.57 Å². The number of carbonyl (C=O) groups is 2. The number of fused-ring (bicyclic) bond motifs is 1. The molecule has 8 heteroatoms. The third-order valence-electron chi connectivity index (χ3n) is 2.95. The molecule has 3 rings (SSSR count). The molecule has 1 amide bonds. The largest absolute Gasteiger partial charge is 0.494 e. The van der Waals surface area contributed by atoms with Gasteiger partial charge in [0.2, 0.25) is 11.7 Å². The van der Waals surface area contributed by atoms with Gasteiger partial charge in [-0.2, -0.15) is 0 Å². The molecule has 0 aliphatic rings. The quantitative estimate of drug-likeness (QED) is 0.560. The van der Waals surface area contributed by atoms with Crippen molar-refractivity contribution in [1.29, 1.82) is 0 Å². The molecule has 21 heavy (non-hydrogen) atoms. The molecule has 0 aromatic carbocycles. The zero-order valence-corrected chi connectivity index (χ0v) is 12.0. The normalized spacial score (nSPS) is 10.9. The number of thiophene rings is 1. The van der Waals surface area contributed by atoms with Gasteiger partial charge < -0.3 is 10.8 Å². The summed E-state index contributed by atoms with van der Waals surface area (Å²) in [6.07, 6.45) is 0. The Morgan fingerprint density at radius 1 is 1.33 bits per heavy atom. The molecular weight excluding hydrogens is 314 g/mol. The second-order valence-corrected chi connectivity index (χ2v) is 5.52. The Hall–Kier alpha value is -2.38. The summed E-state index contributed by atoms with van der Waals surface area (Å²) in [5, 5.41) is 12.1. The third-order valence-corrected chi connectivity index (χ3v) is 4.02. The molecule has 0 saturated heterocycles. The lowest BCUT2D eigenvalue weighted by molar-refractivity contribution is 0.104. The highest BCUT2D eigenvalue weighted by molar-refractivity contribution is 7.12. The molecule has 0 spiro atoms. The molecule has 3 aromatic rings. The molecule has 3 N–H and O–H groups in total. The Bertz CT molecular complexity index is 871. The van der Waals surface area contributed by atoms with Crippen molar-refractivity contribution < 1.29 is 14.7 Å². The van der Waals surface area contributed by atoms with E-state index in [1.54, 1.807) is 17.5 Å². The maximum absolute atomic E-state index is 12.5. The summed E-state index contributed by atoms with van der Waals surface area (Å²) in [6, 6.07) is 5.34. The molecule has 0 atom stereocenters. The van der Waals surface area contributed by atoms with Crippen LogP contribution in [0, 0.1) is 0 Å².